The Labute approximate surface area is 95.8 Å². The molecule has 1 amide bonds. The number of aromatic amines is 1. The zero-order chi connectivity index (χ0) is 11.8. The van der Waals surface area contributed by atoms with Crippen LogP contribution in [0.2, 0.25) is 0 Å². The number of amides is 1. The van der Waals surface area contributed by atoms with Gasteiger partial charge in [-0.15, -0.1) is 0 Å². The first-order chi connectivity index (χ1) is 7.68. The van der Waals surface area contributed by atoms with Crippen LogP contribution in [0.25, 0.3) is 0 Å². The topological polar surface area (TPSA) is 83.8 Å². The van der Waals surface area contributed by atoms with Gasteiger partial charge in [0.05, 0.1) is 0 Å². The van der Waals surface area contributed by atoms with Gasteiger partial charge in [0.25, 0.3) is 0 Å². The summed E-state index contributed by atoms with van der Waals surface area (Å²) in [5, 5.41) is 2.86. The maximum atomic E-state index is 11.3. The molecule has 1 heterocycles. The van der Waals surface area contributed by atoms with Gasteiger partial charge in [-0.25, -0.2) is 4.98 Å². The number of hydrogen-bond acceptors (Lipinski definition) is 3. The Balaban J connectivity index is 2.00. The number of nitrogens with zero attached hydrogens (tertiary/aromatic N) is 1. The van der Waals surface area contributed by atoms with Crippen LogP contribution in [0.5, 0.6) is 0 Å². The molecule has 0 aliphatic rings. The van der Waals surface area contributed by atoms with Crippen LogP contribution in [0.3, 0.4) is 0 Å². The number of H-pyrrole nitrogens is 1. The average Bonchev–Trinajstić information content (AvgIpc) is 2.74. The Morgan fingerprint density at radius 3 is 3.12 bits per heavy atom. The quantitative estimate of drug-likeness (QED) is 0.592. The molecule has 1 aromatic heterocycles. The summed E-state index contributed by atoms with van der Waals surface area (Å²) in [6.45, 7) is 2.60. The van der Waals surface area contributed by atoms with E-state index >= 15 is 0 Å². The van der Waals surface area contributed by atoms with E-state index in [1.807, 2.05) is 6.92 Å². The summed E-state index contributed by atoms with van der Waals surface area (Å²) in [5.41, 5.74) is 5.57. The highest BCUT2D eigenvalue weighted by Crippen LogP contribution is 1.95. The number of imidazole rings is 1. The van der Waals surface area contributed by atoms with E-state index in [9.17, 15) is 4.79 Å². The summed E-state index contributed by atoms with van der Waals surface area (Å²) in [6, 6.07) is 0.0915. The Morgan fingerprint density at radius 1 is 1.69 bits per heavy atom. The fraction of sp³-hybridized carbons (Fsp3) is 0.636. The van der Waals surface area contributed by atoms with Crippen LogP contribution in [-0.2, 0) is 11.2 Å². The molecule has 1 unspecified atom stereocenters. The van der Waals surface area contributed by atoms with Gasteiger partial charge >= 0.3 is 0 Å². The van der Waals surface area contributed by atoms with Crippen LogP contribution in [0.1, 0.15) is 32.0 Å². The van der Waals surface area contributed by atoms with Crippen molar-refractivity contribution in [2.75, 3.05) is 6.54 Å². The minimum absolute atomic E-state index is 0.0803. The summed E-state index contributed by atoms with van der Waals surface area (Å²) in [5.74, 6) is 1.04. The van der Waals surface area contributed by atoms with Crippen molar-refractivity contribution in [1.29, 1.82) is 0 Å². The van der Waals surface area contributed by atoms with Crippen LogP contribution in [0, 0.1) is 0 Å². The molecule has 4 N–H and O–H groups in total. The molecule has 0 spiro atoms. The number of aryl methyl sites for hydroxylation is 1. The highest BCUT2D eigenvalue weighted by Gasteiger charge is 2.02. The molecule has 0 aliphatic carbocycles. The number of rotatable bonds is 7. The third kappa shape index (κ3) is 5.50. The highest BCUT2D eigenvalue weighted by atomic mass is 16.1. The molecule has 90 valence electrons. The summed E-state index contributed by atoms with van der Waals surface area (Å²) in [4.78, 5) is 18.5. The standard InChI is InChI=1S/C11H20N4O/c1-9(12)4-5-11(16)15-6-2-3-10-13-7-8-14-10/h7-9H,2-6,12H2,1H3,(H,13,14)(H,15,16). The van der Waals surface area contributed by atoms with Crippen molar-refractivity contribution in [3.05, 3.63) is 18.2 Å². The molecule has 1 rings (SSSR count). The van der Waals surface area contributed by atoms with Gasteiger partial charge in [-0.3, -0.25) is 4.79 Å². The summed E-state index contributed by atoms with van der Waals surface area (Å²) < 4.78 is 0. The number of carbonyl (C=O) groups excluding carboxylic acids is 1. The molecule has 0 radical (unpaired) electrons. The second-order valence-electron chi connectivity index (χ2n) is 4.01. The van der Waals surface area contributed by atoms with Gasteiger partial charge in [-0.05, 0) is 19.8 Å². The molecule has 5 nitrogen and oxygen atoms in total. The number of hydrogen-bond donors (Lipinski definition) is 3. The Kier molecular flexibility index (Phi) is 5.56. The van der Waals surface area contributed by atoms with Gasteiger partial charge in [-0.1, -0.05) is 0 Å². The van der Waals surface area contributed by atoms with Crippen LogP contribution in [-0.4, -0.2) is 28.5 Å². The molecular weight excluding hydrogens is 204 g/mol. The molecule has 0 fully saturated rings. The third-order valence-corrected chi connectivity index (χ3v) is 2.29. The van der Waals surface area contributed by atoms with Gasteiger partial charge in [0.2, 0.25) is 5.91 Å². The maximum absolute atomic E-state index is 11.3. The second-order valence-corrected chi connectivity index (χ2v) is 4.01. The lowest BCUT2D eigenvalue weighted by atomic mass is 10.2. The largest absolute Gasteiger partial charge is 0.356 e. The maximum Gasteiger partial charge on any atom is 0.220 e. The van der Waals surface area contributed by atoms with Crippen molar-refractivity contribution in [2.45, 2.75) is 38.6 Å². The predicted octanol–water partition coefficient (Wildman–Crippen LogP) is 0.586. The molecule has 1 atom stereocenters. The molecule has 0 bridgehead atoms. The van der Waals surface area contributed by atoms with E-state index in [1.165, 1.54) is 0 Å². The number of aromatic nitrogens is 2. The molecular formula is C11H20N4O. The van der Waals surface area contributed by atoms with Gasteiger partial charge in [0.15, 0.2) is 0 Å². The lowest BCUT2D eigenvalue weighted by molar-refractivity contribution is -0.121. The first-order valence-electron chi connectivity index (χ1n) is 5.69. The van der Waals surface area contributed by atoms with Crippen LogP contribution in [0.4, 0.5) is 0 Å². The predicted molar refractivity (Wildman–Crippen MR) is 62.8 cm³/mol. The summed E-state index contributed by atoms with van der Waals surface area (Å²) in [7, 11) is 0. The van der Waals surface area contributed by atoms with Crippen molar-refractivity contribution in [1.82, 2.24) is 15.3 Å². The van der Waals surface area contributed by atoms with Crippen molar-refractivity contribution in [3.63, 3.8) is 0 Å². The molecule has 0 saturated heterocycles. The van der Waals surface area contributed by atoms with E-state index in [0.717, 1.165) is 25.1 Å². The molecule has 0 saturated carbocycles. The van der Waals surface area contributed by atoms with E-state index in [1.54, 1.807) is 12.4 Å². The molecule has 1 aromatic rings. The lowest BCUT2D eigenvalue weighted by Gasteiger charge is -2.06. The first kappa shape index (κ1) is 12.7. The molecule has 0 aliphatic heterocycles. The zero-order valence-electron chi connectivity index (χ0n) is 9.70. The van der Waals surface area contributed by atoms with E-state index in [2.05, 4.69) is 15.3 Å². The molecule has 0 aromatic carbocycles. The number of nitrogens with two attached hydrogens (primary N) is 1. The molecule has 5 heteroatoms. The number of carbonyl (C=O) groups is 1. The van der Waals surface area contributed by atoms with Crippen LogP contribution < -0.4 is 11.1 Å². The average molecular weight is 224 g/mol. The minimum Gasteiger partial charge on any atom is -0.356 e. The van der Waals surface area contributed by atoms with Gasteiger partial charge in [-0.2, -0.15) is 0 Å². The van der Waals surface area contributed by atoms with E-state index in [-0.39, 0.29) is 11.9 Å². The van der Waals surface area contributed by atoms with Crippen molar-refractivity contribution >= 4 is 5.91 Å². The van der Waals surface area contributed by atoms with Gasteiger partial charge < -0.3 is 16.0 Å². The Bertz CT molecular complexity index is 295. The van der Waals surface area contributed by atoms with Crippen LogP contribution in [0.15, 0.2) is 12.4 Å². The summed E-state index contributed by atoms with van der Waals surface area (Å²) in [6.07, 6.45) is 6.55. The fourth-order valence-electron chi connectivity index (χ4n) is 1.37. The Morgan fingerprint density at radius 2 is 2.50 bits per heavy atom. The first-order valence-corrected chi connectivity index (χ1v) is 5.69. The molecule has 16 heavy (non-hydrogen) atoms. The SMILES string of the molecule is CC(N)CCC(=O)NCCCc1ncc[nH]1. The minimum atomic E-state index is 0.0803. The third-order valence-electron chi connectivity index (χ3n) is 2.29. The zero-order valence-corrected chi connectivity index (χ0v) is 9.70. The number of nitrogens with one attached hydrogen (secondary N) is 2. The second kappa shape index (κ2) is 7.00. The van der Waals surface area contributed by atoms with Crippen LogP contribution >= 0.6 is 0 Å². The van der Waals surface area contributed by atoms with Crippen molar-refractivity contribution in [2.24, 2.45) is 5.73 Å². The smallest absolute Gasteiger partial charge is 0.220 e. The fourth-order valence-corrected chi connectivity index (χ4v) is 1.37. The van der Waals surface area contributed by atoms with Gasteiger partial charge in [0, 0.05) is 37.8 Å². The Hall–Kier alpha value is -1.36. The van der Waals surface area contributed by atoms with Gasteiger partial charge in [0.1, 0.15) is 5.82 Å². The van der Waals surface area contributed by atoms with E-state index < -0.39 is 0 Å². The lowest BCUT2D eigenvalue weighted by Crippen LogP contribution is -2.26. The van der Waals surface area contributed by atoms with E-state index in [4.69, 9.17) is 5.73 Å². The summed E-state index contributed by atoms with van der Waals surface area (Å²) >= 11 is 0. The van der Waals surface area contributed by atoms with Crippen molar-refractivity contribution < 1.29 is 4.79 Å². The normalized spacial score (nSPS) is 12.4. The monoisotopic (exact) mass is 224 g/mol. The van der Waals surface area contributed by atoms with E-state index in [0.29, 0.717) is 13.0 Å². The van der Waals surface area contributed by atoms with Crippen molar-refractivity contribution in [3.8, 4) is 0 Å². The highest BCUT2D eigenvalue weighted by molar-refractivity contribution is 5.75.